The molecular weight excluding hydrogens is 254 g/mol. The Morgan fingerprint density at radius 3 is 2.67 bits per heavy atom. The normalized spacial score (nSPS) is 14.4. The summed E-state index contributed by atoms with van der Waals surface area (Å²) in [6, 6.07) is 17.2. The zero-order valence-corrected chi connectivity index (χ0v) is 11.9. The Bertz CT molecular complexity index is 825. The minimum absolute atomic E-state index is 1.12. The van der Waals surface area contributed by atoms with Gasteiger partial charge in [0.15, 0.2) is 0 Å². The van der Waals surface area contributed by atoms with Crippen molar-refractivity contribution in [2.75, 3.05) is 0 Å². The van der Waals surface area contributed by atoms with E-state index < -0.39 is 0 Å². The highest BCUT2D eigenvalue weighted by molar-refractivity contribution is 5.97. The molecule has 0 atom stereocenters. The highest BCUT2D eigenvalue weighted by Gasteiger charge is 2.12. The van der Waals surface area contributed by atoms with Crippen LogP contribution in [-0.2, 0) is 6.42 Å². The summed E-state index contributed by atoms with van der Waals surface area (Å²) < 4.78 is 0. The number of fused-ring (bicyclic) bond motifs is 2. The second-order valence-corrected chi connectivity index (χ2v) is 5.63. The van der Waals surface area contributed by atoms with Crippen molar-refractivity contribution in [2.24, 2.45) is 0 Å². The number of rotatable bonds is 1. The summed E-state index contributed by atoms with van der Waals surface area (Å²) in [6.07, 6.45) is 9.79. The minimum atomic E-state index is 1.12. The molecule has 0 saturated heterocycles. The highest BCUT2D eigenvalue weighted by atomic mass is 14.6. The number of aryl methyl sites for hydroxylation is 1. The van der Waals surface area contributed by atoms with Gasteiger partial charge in [-0.25, -0.2) is 0 Å². The smallest absolute Gasteiger partial charge is 0.0349 e. The summed E-state index contributed by atoms with van der Waals surface area (Å²) >= 11 is 0. The molecule has 0 saturated carbocycles. The van der Waals surface area contributed by atoms with Gasteiger partial charge < -0.3 is 0 Å². The molecule has 0 fully saturated rings. The van der Waals surface area contributed by atoms with Crippen molar-refractivity contribution in [1.82, 2.24) is 4.98 Å². The maximum atomic E-state index is 4.43. The molecule has 1 nitrogen and oxygen atoms in total. The lowest BCUT2D eigenvalue weighted by Crippen LogP contribution is -1.89. The third-order valence-electron chi connectivity index (χ3n) is 4.29. The van der Waals surface area contributed by atoms with Crippen LogP contribution in [0.5, 0.6) is 0 Å². The van der Waals surface area contributed by atoms with Gasteiger partial charge in [0.25, 0.3) is 0 Å². The van der Waals surface area contributed by atoms with Crippen LogP contribution in [0.3, 0.4) is 0 Å². The van der Waals surface area contributed by atoms with Gasteiger partial charge in [0.2, 0.25) is 0 Å². The predicted octanol–water partition coefficient (Wildman–Crippen LogP) is 5.11. The molecule has 1 aliphatic rings. The molecule has 102 valence electrons. The van der Waals surface area contributed by atoms with E-state index in [0.29, 0.717) is 0 Å². The Hall–Kier alpha value is -2.41. The van der Waals surface area contributed by atoms with E-state index in [4.69, 9.17) is 0 Å². The molecule has 4 rings (SSSR count). The number of nitrogens with zero attached hydrogens (tertiary/aromatic N) is 1. The fourth-order valence-corrected chi connectivity index (χ4v) is 3.22. The van der Waals surface area contributed by atoms with Gasteiger partial charge in [-0.3, -0.25) is 4.98 Å². The molecule has 0 bridgehead atoms. The Labute approximate surface area is 125 Å². The molecule has 0 spiro atoms. The van der Waals surface area contributed by atoms with Crippen molar-refractivity contribution in [3.8, 4) is 0 Å². The van der Waals surface area contributed by atoms with Crippen molar-refractivity contribution in [3.05, 3.63) is 77.6 Å². The quantitative estimate of drug-likeness (QED) is 0.599. The van der Waals surface area contributed by atoms with Gasteiger partial charge in [-0.15, -0.1) is 0 Å². The van der Waals surface area contributed by atoms with Gasteiger partial charge in [0.05, 0.1) is 0 Å². The molecule has 0 unspecified atom stereocenters. The molecule has 0 amide bonds. The van der Waals surface area contributed by atoms with E-state index in [1.807, 2.05) is 12.4 Å². The van der Waals surface area contributed by atoms with Crippen LogP contribution in [0, 0.1) is 0 Å². The largest absolute Gasteiger partial charge is 0.263 e. The number of benzene rings is 2. The lowest BCUT2D eigenvalue weighted by molar-refractivity contribution is 0.861. The SMILES string of the molecule is C1=C(c2cncc3ccccc23)CCCc2ccccc21. The van der Waals surface area contributed by atoms with Gasteiger partial charge in [-0.1, -0.05) is 54.6 Å². The van der Waals surface area contributed by atoms with E-state index in [0.717, 1.165) is 12.8 Å². The molecule has 0 radical (unpaired) electrons. The monoisotopic (exact) mass is 271 g/mol. The molecule has 1 heterocycles. The van der Waals surface area contributed by atoms with E-state index in [9.17, 15) is 0 Å². The van der Waals surface area contributed by atoms with Gasteiger partial charge in [0.1, 0.15) is 0 Å². The molecule has 0 N–H and O–H groups in total. The van der Waals surface area contributed by atoms with Crippen LogP contribution in [0.25, 0.3) is 22.4 Å². The standard InChI is InChI=1S/C20H17N/c1-2-7-16-12-17(10-5-9-15(16)6-1)20-14-21-13-18-8-3-4-11-19(18)20/h1-4,6-8,11-14H,5,9-10H2. The Morgan fingerprint density at radius 1 is 0.810 bits per heavy atom. The van der Waals surface area contributed by atoms with E-state index in [-0.39, 0.29) is 0 Å². The first kappa shape index (κ1) is 12.3. The number of pyridine rings is 1. The second kappa shape index (κ2) is 5.17. The van der Waals surface area contributed by atoms with E-state index in [1.54, 1.807) is 0 Å². The van der Waals surface area contributed by atoms with Crippen LogP contribution in [0.15, 0.2) is 60.9 Å². The molecule has 0 aliphatic heterocycles. The highest BCUT2D eigenvalue weighted by Crippen LogP contribution is 2.32. The van der Waals surface area contributed by atoms with Crippen molar-refractivity contribution in [1.29, 1.82) is 0 Å². The van der Waals surface area contributed by atoms with E-state index >= 15 is 0 Å². The number of aromatic nitrogens is 1. The molecule has 1 aliphatic carbocycles. The molecule has 1 heteroatoms. The molecule has 1 aromatic heterocycles. The summed E-state index contributed by atoms with van der Waals surface area (Å²) in [5, 5.41) is 2.52. The van der Waals surface area contributed by atoms with Gasteiger partial charge >= 0.3 is 0 Å². The van der Waals surface area contributed by atoms with Crippen LogP contribution in [0.1, 0.15) is 29.5 Å². The van der Waals surface area contributed by atoms with Crippen molar-refractivity contribution >= 4 is 22.4 Å². The first-order chi connectivity index (χ1) is 10.4. The Balaban J connectivity index is 1.91. The van der Waals surface area contributed by atoms with Crippen LogP contribution in [-0.4, -0.2) is 4.98 Å². The minimum Gasteiger partial charge on any atom is -0.263 e. The third-order valence-corrected chi connectivity index (χ3v) is 4.29. The zero-order chi connectivity index (χ0) is 14.1. The Kier molecular flexibility index (Phi) is 3.04. The summed E-state index contributed by atoms with van der Waals surface area (Å²) in [5.41, 5.74) is 5.51. The summed E-state index contributed by atoms with van der Waals surface area (Å²) in [7, 11) is 0. The zero-order valence-electron chi connectivity index (χ0n) is 11.9. The average Bonchev–Trinajstić information content (AvgIpc) is 2.76. The van der Waals surface area contributed by atoms with Crippen molar-refractivity contribution < 1.29 is 0 Å². The third kappa shape index (κ3) is 2.25. The fourth-order valence-electron chi connectivity index (χ4n) is 3.22. The lowest BCUT2D eigenvalue weighted by atomic mass is 9.97. The van der Waals surface area contributed by atoms with Gasteiger partial charge in [-0.2, -0.15) is 0 Å². The first-order valence-electron chi connectivity index (χ1n) is 7.53. The van der Waals surface area contributed by atoms with Crippen LogP contribution in [0.4, 0.5) is 0 Å². The summed E-state index contributed by atoms with van der Waals surface area (Å²) in [6.45, 7) is 0. The number of allylic oxidation sites excluding steroid dienone is 1. The van der Waals surface area contributed by atoms with E-state index in [1.165, 1.54) is 39.5 Å². The number of hydrogen-bond acceptors (Lipinski definition) is 1. The fraction of sp³-hybridized carbons (Fsp3) is 0.150. The Morgan fingerprint density at radius 2 is 1.67 bits per heavy atom. The van der Waals surface area contributed by atoms with Crippen LogP contribution >= 0.6 is 0 Å². The molecule has 2 aromatic carbocycles. The summed E-state index contributed by atoms with van der Waals surface area (Å²) in [4.78, 5) is 4.43. The van der Waals surface area contributed by atoms with Gasteiger partial charge in [-0.05, 0) is 41.3 Å². The maximum absolute atomic E-state index is 4.43. The maximum Gasteiger partial charge on any atom is 0.0349 e. The van der Waals surface area contributed by atoms with Crippen LogP contribution in [0.2, 0.25) is 0 Å². The molecular formula is C20H17N. The average molecular weight is 271 g/mol. The van der Waals surface area contributed by atoms with Crippen molar-refractivity contribution in [2.45, 2.75) is 19.3 Å². The predicted molar refractivity (Wildman–Crippen MR) is 89.0 cm³/mol. The van der Waals surface area contributed by atoms with Gasteiger partial charge in [0, 0.05) is 23.3 Å². The summed E-state index contributed by atoms with van der Waals surface area (Å²) in [5.74, 6) is 0. The topological polar surface area (TPSA) is 12.9 Å². The van der Waals surface area contributed by atoms with E-state index in [2.05, 4.69) is 59.6 Å². The lowest BCUT2D eigenvalue weighted by Gasteiger charge is -2.09. The second-order valence-electron chi connectivity index (χ2n) is 5.63. The molecule has 21 heavy (non-hydrogen) atoms. The van der Waals surface area contributed by atoms with Crippen molar-refractivity contribution in [3.63, 3.8) is 0 Å². The first-order valence-corrected chi connectivity index (χ1v) is 7.53. The molecule has 3 aromatic rings. The van der Waals surface area contributed by atoms with Crippen LogP contribution < -0.4 is 0 Å². The number of hydrogen-bond donors (Lipinski definition) is 0.